The van der Waals surface area contributed by atoms with E-state index in [-0.39, 0.29) is 24.8 Å². The molecule has 0 saturated heterocycles. The van der Waals surface area contributed by atoms with Crippen LogP contribution in [0.4, 0.5) is 0 Å². The second kappa shape index (κ2) is 9.78. The Kier molecular flexibility index (Phi) is 6.91. The van der Waals surface area contributed by atoms with E-state index in [1.165, 1.54) is 0 Å². The van der Waals surface area contributed by atoms with Gasteiger partial charge in [-0.05, 0) is 22.4 Å². The quantitative estimate of drug-likeness (QED) is 0.624. The van der Waals surface area contributed by atoms with Gasteiger partial charge in [-0.3, -0.25) is 9.59 Å². The minimum absolute atomic E-state index is 0.0631. The third-order valence-corrected chi connectivity index (χ3v) is 4.99. The number of carbonyl (C=O) groups excluding carboxylic acids is 2. The molecule has 6 nitrogen and oxygen atoms in total. The molecule has 0 atom stereocenters. The fourth-order valence-corrected chi connectivity index (χ4v) is 3.41. The monoisotopic (exact) mass is 406 g/mol. The van der Waals surface area contributed by atoms with Crippen LogP contribution in [-0.4, -0.2) is 44.5 Å². The van der Waals surface area contributed by atoms with Gasteiger partial charge in [0.25, 0.3) is 0 Å². The van der Waals surface area contributed by atoms with Crippen LogP contribution >= 0.6 is 0 Å². The summed E-state index contributed by atoms with van der Waals surface area (Å²) in [4.78, 5) is 26.5. The predicted octanol–water partition coefficient (Wildman–Crippen LogP) is 3.17. The third kappa shape index (κ3) is 4.89. The summed E-state index contributed by atoms with van der Waals surface area (Å²) >= 11 is 0. The van der Waals surface area contributed by atoms with Crippen LogP contribution in [0.2, 0.25) is 0 Å². The highest BCUT2D eigenvalue weighted by atomic mass is 16.5. The fourth-order valence-electron chi connectivity index (χ4n) is 3.41. The molecule has 6 heteroatoms. The van der Waals surface area contributed by atoms with Crippen molar-refractivity contribution in [3.8, 4) is 11.5 Å². The Morgan fingerprint density at radius 1 is 0.900 bits per heavy atom. The first-order valence-corrected chi connectivity index (χ1v) is 9.70. The van der Waals surface area contributed by atoms with Crippen LogP contribution in [0.25, 0.3) is 10.8 Å². The van der Waals surface area contributed by atoms with Crippen molar-refractivity contribution in [2.75, 3.05) is 27.8 Å². The van der Waals surface area contributed by atoms with Crippen molar-refractivity contribution >= 4 is 22.6 Å². The highest BCUT2D eigenvalue weighted by Gasteiger charge is 2.16. The molecule has 0 aromatic heterocycles. The molecule has 0 aliphatic rings. The lowest BCUT2D eigenvalue weighted by Gasteiger charge is -2.20. The summed E-state index contributed by atoms with van der Waals surface area (Å²) < 4.78 is 10.7. The lowest BCUT2D eigenvalue weighted by atomic mass is 10.0. The van der Waals surface area contributed by atoms with Crippen molar-refractivity contribution in [2.45, 2.75) is 13.0 Å². The van der Waals surface area contributed by atoms with Crippen LogP contribution in [0.15, 0.2) is 60.7 Å². The van der Waals surface area contributed by atoms with E-state index < -0.39 is 0 Å². The van der Waals surface area contributed by atoms with Gasteiger partial charge in [-0.25, -0.2) is 0 Å². The molecule has 0 radical (unpaired) electrons. The Balaban J connectivity index is 1.58. The van der Waals surface area contributed by atoms with Crippen molar-refractivity contribution in [1.29, 1.82) is 0 Å². The molecule has 1 N–H and O–H groups in total. The molecule has 0 aliphatic carbocycles. The van der Waals surface area contributed by atoms with Crippen LogP contribution in [0.1, 0.15) is 11.1 Å². The number of hydrogen-bond donors (Lipinski definition) is 1. The van der Waals surface area contributed by atoms with Crippen molar-refractivity contribution in [3.63, 3.8) is 0 Å². The maximum absolute atomic E-state index is 12.5. The molecule has 0 spiro atoms. The number of rotatable bonds is 8. The van der Waals surface area contributed by atoms with E-state index in [2.05, 4.69) is 5.32 Å². The van der Waals surface area contributed by atoms with Gasteiger partial charge in [0.15, 0.2) is 11.5 Å². The highest BCUT2D eigenvalue weighted by molar-refractivity contribution is 5.91. The maximum Gasteiger partial charge on any atom is 0.242 e. The molecule has 2 amide bonds. The van der Waals surface area contributed by atoms with E-state index in [0.717, 1.165) is 21.9 Å². The molecule has 0 fully saturated rings. The summed E-state index contributed by atoms with van der Waals surface area (Å²) in [5, 5.41) is 4.86. The number of fused-ring (bicyclic) bond motifs is 1. The van der Waals surface area contributed by atoms with Crippen LogP contribution in [0, 0.1) is 0 Å². The van der Waals surface area contributed by atoms with Gasteiger partial charge in [0.1, 0.15) is 0 Å². The zero-order chi connectivity index (χ0) is 21.5. The van der Waals surface area contributed by atoms with Crippen LogP contribution in [-0.2, 0) is 22.6 Å². The van der Waals surface area contributed by atoms with E-state index >= 15 is 0 Å². The maximum atomic E-state index is 12.5. The van der Waals surface area contributed by atoms with Crippen LogP contribution in [0.5, 0.6) is 11.5 Å². The van der Waals surface area contributed by atoms with E-state index in [4.69, 9.17) is 9.47 Å². The first-order valence-electron chi connectivity index (χ1n) is 9.70. The number of methoxy groups -OCH3 is 2. The van der Waals surface area contributed by atoms with Gasteiger partial charge in [0.05, 0.1) is 27.2 Å². The van der Waals surface area contributed by atoms with E-state index in [1.54, 1.807) is 32.2 Å². The van der Waals surface area contributed by atoms with Gasteiger partial charge in [-0.1, -0.05) is 54.6 Å². The van der Waals surface area contributed by atoms with Crippen molar-refractivity contribution in [3.05, 3.63) is 71.8 Å². The average molecular weight is 406 g/mol. The summed E-state index contributed by atoms with van der Waals surface area (Å²) in [6, 6.07) is 19.4. The second-order valence-corrected chi connectivity index (χ2v) is 6.99. The van der Waals surface area contributed by atoms with Crippen molar-refractivity contribution in [2.24, 2.45) is 0 Å². The molecule has 3 aromatic rings. The zero-order valence-electron chi connectivity index (χ0n) is 17.5. The SMILES string of the molecule is COc1cccc(CN(C)C(=O)CNC(=O)Cc2cccc3ccccc23)c1OC. The lowest BCUT2D eigenvalue weighted by Crippen LogP contribution is -2.38. The third-order valence-electron chi connectivity index (χ3n) is 4.99. The minimum atomic E-state index is -0.189. The van der Waals surface area contributed by atoms with Gasteiger partial charge < -0.3 is 19.7 Å². The molecule has 156 valence electrons. The molecule has 0 saturated carbocycles. The van der Waals surface area contributed by atoms with E-state index in [0.29, 0.717) is 18.0 Å². The van der Waals surface area contributed by atoms with Gasteiger partial charge in [0, 0.05) is 19.2 Å². The Morgan fingerprint density at radius 3 is 2.37 bits per heavy atom. The van der Waals surface area contributed by atoms with E-state index in [1.807, 2.05) is 54.6 Å². The average Bonchev–Trinajstić information content (AvgIpc) is 2.77. The lowest BCUT2D eigenvalue weighted by molar-refractivity contribution is -0.132. The number of carbonyl (C=O) groups is 2. The molecular formula is C24H26N2O4. The van der Waals surface area contributed by atoms with Gasteiger partial charge in [-0.15, -0.1) is 0 Å². The molecule has 30 heavy (non-hydrogen) atoms. The smallest absolute Gasteiger partial charge is 0.242 e. The molecule has 3 rings (SSSR count). The van der Waals surface area contributed by atoms with Crippen LogP contribution < -0.4 is 14.8 Å². The number of amides is 2. The number of benzene rings is 3. The summed E-state index contributed by atoms with van der Waals surface area (Å²) in [7, 11) is 4.83. The predicted molar refractivity (Wildman–Crippen MR) is 117 cm³/mol. The highest BCUT2D eigenvalue weighted by Crippen LogP contribution is 2.31. The number of hydrogen-bond acceptors (Lipinski definition) is 4. The number of likely N-dealkylation sites (N-methyl/N-ethyl adjacent to an activating group) is 1. The molecular weight excluding hydrogens is 380 g/mol. The first-order chi connectivity index (χ1) is 14.5. The molecule has 3 aromatic carbocycles. The fraction of sp³-hybridized carbons (Fsp3) is 0.250. The van der Waals surface area contributed by atoms with Crippen molar-refractivity contribution in [1.82, 2.24) is 10.2 Å². The molecule has 0 bridgehead atoms. The summed E-state index contributed by atoms with van der Waals surface area (Å²) in [6.07, 6.45) is 0.224. The molecule has 0 unspecified atom stereocenters. The second-order valence-electron chi connectivity index (χ2n) is 6.99. The number of nitrogens with one attached hydrogen (secondary N) is 1. The Morgan fingerprint density at radius 2 is 1.60 bits per heavy atom. The van der Waals surface area contributed by atoms with E-state index in [9.17, 15) is 9.59 Å². The minimum Gasteiger partial charge on any atom is -0.493 e. The Labute approximate surface area is 176 Å². The molecule has 0 heterocycles. The van der Waals surface area contributed by atoms with Gasteiger partial charge in [0.2, 0.25) is 11.8 Å². The summed E-state index contributed by atoms with van der Waals surface area (Å²) in [5.74, 6) is 0.831. The van der Waals surface area contributed by atoms with Gasteiger partial charge in [-0.2, -0.15) is 0 Å². The number of nitrogens with zero attached hydrogens (tertiary/aromatic N) is 1. The first kappa shape index (κ1) is 21.2. The zero-order valence-corrected chi connectivity index (χ0v) is 17.5. The van der Waals surface area contributed by atoms with Crippen LogP contribution in [0.3, 0.4) is 0 Å². The summed E-state index contributed by atoms with van der Waals surface area (Å²) in [6.45, 7) is 0.283. The van der Waals surface area contributed by atoms with Gasteiger partial charge >= 0.3 is 0 Å². The summed E-state index contributed by atoms with van der Waals surface area (Å²) in [5.41, 5.74) is 1.77. The Bertz CT molecular complexity index is 1040. The standard InChI is InChI=1S/C24H26N2O4/c1-26(16-19-11-7-13-21(29-2)24(19)30-3)23(28)15-25-22(27)14-18-10-6-9-17-8-4-5-12-20(17)18/h4-13H,14-16H2,1-3H3,(H,25,27). The number of ether oxygens (including phenoxy) is 2. The molecule has 0 aliphatic heterocycles. The topological polar surface area (TPSA) is 67.9 Å². The largest absolute Gasteiger partial charge is 0.493 e. The van der Waals surface area contributed by atoms with Crippen molar-refractivity contribution < 1.29 is 19.1 Å². The normalized spacial score (nSPS) is 10.5. The number of para-hydroxylation sites is 1. The Hall–Kier alpha value is -3.54.